The van der Waals surface area contributed by atoms with Gasteiger partial charge in [0.1, 0.15) is 0 Å². The van der Waals surface area contributed by atoms with Gasteiger partial charge in [-0.15, -0.1) is 0 Å². The number of hydrogen-bond acceptors (Lipinski definition) is 4. The average molecular weight is 331 g/mol. The molecule has 0 aliphatic heterocycles. The molecule has 1 unspecified atom stereocenters. The van der Waals surface area contributed by atoms with Crippen molar-refractivity contribution in [3.63, 3.8) is 0 Å². The number of aryl methyl sites for hydroxylation is 1. The Bertz CT molecular complexity index is 926. The highest BCUT2D eigenvalue weighted by Gasteiger charge is 2.25. The van der Waals surface area contributed by atoms with Crippen molar-refractivity contribution in [1.29, 1.82) is 0 Å². The predicted molar refractivity (Wildman–Crippen MR) is 83.4 cm³/mol. The maximum atomic E-state index is 12.8. The monoisotopic (exact) mass is 330 g/mol. The maximum Gasteiger partial charge on any atom is 0.244 e. The van der Waals surface area contributed by atoms with Crippen LogP contribution in [-0.4, -0.2) is 26.3 Å². The van der Waals surface area contributed by atoms with Crippen LogP contribution >= 0.6 is 11.6 Å². The number of aromatic amines is 1. The van der Waals surface area contributed by atoms with Crippen molar-refractivity contribution < 1.29 is 14.7 Å². The first-order valence-electron chi connectivity index (χ1n) is 6.94. The minimum atomic E-state index is -1.26. The number of fused-ring (bicyclic) bond motifs is 1. The van der Waals surface area contributed by atoms with Gasteiger partial charge in [-0.2, -0.15) is 0 Å². The number of halogens is 1. The number of H-pyrrole nitrogens is 1. The molecule has 0 aliphatic rings. The number of carboxylic acids is 1. The van der Waals surface area contributed by atoms with Crippen molar-refractivity contribution >= 4 is 34.3 Å². The van der Waals surface area contributed by atoms with E-state index in [-0.39, 0.29) is 17.3 Å². The Balaban J connectivity index is 2.27. The molecule has 1 N–H and O–H groups in total. The van der Waals surface area contributed by atoms with Crippen LogP contribution in [0, 0.1) is 0 Å². The van der Waals surface area contributed by atoms with Crippen LogP contribution in [0.3, 0.4) is 0 Å². The highest BCUT2D eigenvalue weighted by molar-refractivity contribution is 6.31. The first-order valence-corrected chi connectivity index (χ1v) is 7.32. The predicted octanol–water partition coefficient (Wildman–Crippen LogP) is 1.64. The normalized spacial score (nSPS) is 12.5. The molecule has 0 aliphatic carbocycles. The first kappa shape index (κ1) is 15.3. The van der Waals surface area contributed by atoms with Gasteiger partial charge < -0.3 is 19.5 Å². The van der Waals surface area contributed by atoms with E-state index in [9.17, 15) is 14.7 Å². The fraction of sp³-hybridized carbons (Fsp3) is 0.188. The van der Waals surface area contributed by atoms with Crippen LogP contribution < -0.4 is 5.11 Å². The molecule has 0 spiro atoms. The summed E-state index contributed by atoms with van der Waals surface area (Å²) in [5, 5.41) is 12.4. The van der Waals surface area contributed by atoms with Gasteiger partial charge in [-0.3, -0.25) is 4.79 Å². The van der Waals surface area contributed by atoms with Gasteiger partial charge in [0.15, 0.2) is 5.82 Å². The number of carbonyl (C=O) groups is 2. The van der Waals surface area contributed by atoms with Crippen LogP contribution in [0.25, 0.3) is 10.9 Å². The molecule has 2 aromatic heterocycles. The topological polar surface area (TPSA) is 90.8 Å². The van der Waals surface area contributed by atoms with E-state index in [4.69, 9.17) is 11.6 Å². The Morgan fingerprint density at radius 2 is 2.13 bits per heavy atom. The van der Waals surface area contributed by atoms with Crippen LogP contribution in [0.5, 0.6) is 0 Å². The molecule has 0 amide bonds. The van der Waals surface area contributed by atoms with E-state index in [0.29, 0.717) is 21.5 Å². The lowest BCUT2D eigenvalue weighted by atomic mass is 9.96. The fourth-order valence-corrected chi connectivity index (χ4v) is 2.80. The SMILES string of the molecule is CC(C(=O)[O-])c1c(C(=O)c2nccn2C)[nH]c2ccc(Cl)cc12. The number of aliphatic carboxylic acids is 1. The largest absolute Gasteiger partial charge is 0.550 e. The van der Waals surface area contributed by atoms with Crippen molar-refractivity contribution in [2.24, 2.45) is 7.05 Å². The molecule has 3 aromatic rings. The van der Waals surface area contributed by atoms with Gasteiger partial charge in [-0.05, 0) is 23.8 Å². The van der Waals surface area contributed by atoms with E-state index < -0.39 is 11.9 Å². The van der Waals surface area contributed by atoms with Crippen LogP contribution in [0.15, 0.2) is 30.6 Å². The number of aromatic nitrogens is 3. The van der Waals surface area contributed by atoms with Crippen molar-refractivity contribution in [1.82, 2.24) is 14.5 Å². The number of carboxylic acid groups (broad SMARTS) is 1. The first-order chi connectivity index (χ1) is 10.9. The summed E-state index contributed by atoms with van der Waals surface area (Å²) in [4.78, 5) is 31.2. The zero-order valence-electron chi connectivity index (χ0n) is 12.5. The smallest absolute Gasteiger partial charge is 0.244 e. The lowest BCUT2D eigenvalue weighted by molar-refractivity contribution is -0.307. The molecule has 3 rings (SSSR count). The van der Waals surface area contributed by atoms with Gasteiger partial charge in [-0.25, -0.2) is 4.98 Å². The molecular formula is C16H13ClN3O3-. The number of hydrogen-bond donors (Lipinski definition) is 1. The van der Waals surface area contributed by atoms with Crippen LogP contribution in [0.1, 0.15) is 34.7 Å². The highest BCUT2D eigenvalue weighted by Crippen LogP contribution is 2.32. The average Bonchev–Trinajstić information content (AvgIpc) is 3.08. The molecule has 0 radical (unpaired) electrons. The third-order valence-corrected chi connectivity index (χ3v) is 4.07. The molecule has 1 aromatic carbocycles. The van der Waals surface area contributed by atoms with Gasteiger partial charge in [0, 0.05) is 47.3 Å². The Morgan fingerprint density at radius 1 is 1.39 bits per heavy atom. The third kappa shape index (κ3) is 2.51. The third-order valence-electron chi connectivity index (χ3n) is 3.84. The summed E-state index contributed by atoms with van der Waals surface area (Å²) in [7, 11) is 1.70. The minimum absolute atomic E-state index is 0.188. The lowest BCUT2D eigenvalue weighted by Crippen LogP contribution is -2.29. The summed E-state index contributed by atoms with van der Waals surface area (Å²) in [6.45, 7) is 1.48. The maximum absolute atomic E-state index is 12.8. The van der Waals surface area contributed by atoms with Crippen LogP contribution in [0.4, 0.5) is 0 Å². The molecule has 0 saturated heterocycles. The zero-order valence-corrected chi connectivity index (χ0v) is 13.2. The van der Waals surface area contributed by atoms with Crippen LogP contribution in [-0.2, 0) is 11.8 Å². The number of imidazole rings is 1. The van der Waals surface area contributed by atoms with Gasteiger partial charge in [0.25, 0.3) is 0 Å². The number of ketones is 1. The second-order valence-corrected chi connectivity index (χ2v) is 5.77. The van der Waals surface area contributed by atoms with E-state index in [0.717, 1.165) is 0 Å². The van der Waals surface area contributed by atoms with Crippen molar-refractivity contribution in [2.45, 2.75) is 12.8 Å². The fourth-order valence-electron chi connectivity index (χ4n) is 2.63. The van der Waals surface area contributed by atoms with Crippen molar-refractivity contribution in [3.05, 3.63) is 52.7 Å². The molecule has 23 heavy (non-hydrogen) atoms. The molecule has 0 bridgehead atoms. The van der Waals surface area contributed by atoms with E-state index in [1.165, 1.54) is 13.1 Å². The summed E-state index contributed by atoms with van der Waals surface area (Å²) >= 11 is 6.01. The molecular weight excluding hydrogens is 318 g/mol. The molecule has 0 fully saturated rings. The Hall–Kier alpha value is -2.60. The molecule has 0 saturated carbocycles. The number of benzene rings is 1. The standard InChI is InChI=1S/C16H14ClN3O3/c1-8(16(22)23)12-10-7-9(17)3-4-11(10)19-13(12)14(21)15-18-5-6-20(15)2/h3-8,19H,1-2H3,(H,22,23)/p-1. The Morgan fingerprint density at radius 3 is 2.74 bits per heavy atom. The van der Waals surface area contributed by atoms with E-state index in [1.54, 1.807) is 36.0 Å². The Labute approximate surface area is 136 Å². The summed E-state index contributed by atoms with van der Waals surface area (Å²) in [5.74, 6) is -2.40. The highest BCUT2D eigenvalue weighted by atomic mass is 35.5. The number of carbonyl (C=O) groups excluding carboxylic acids is 2. The van der Waals surface area contributed by atoms with E-state index in [1.807, 2.05) is 0 Å². The number of nitrogens with zero attached hydrogens (tertiary/aromatic N) is 2. The summed E-state index contributed by atoms with van der Waals surface area (Å²) in [6, 6.07) is 5.01. The minimum Gasteiger partial charge on any atom is -0.550 e. The number of nitrogens with one attached hydrogen (secondary N) is 1. The second-order valence-electron chi connectivity index (χ2n) is 5.34. The lowest BCUT2D eigenvalue weighted by Gasteiger charge is -2.14. The van der Waals surface area contributed by atoms with Crippen LogP contribution in [0.2, 0.25) is 5.02 Å². The second kappa shape index (κ2) is 5.55. The quantitative estimate of drug-likeness (QED) is 0.736. The molecule has 1 atom stereocenters. The van der Waals surface area contributed by atoms with E-state index >= 15 is 0 Å². The molecule has 2 heterocycles. The van der Waals surface area contributed by atoms with E-state index in [2.05, 4.69) is 9.97 Å². The van der Waals surface area contributed by atoms with Gasteiger partial charge in [0.2, 0.25) is 5.78 Å². The zero-order chi connectivity index (χ0) is 16.7. The van der Waals surface area contributed by atoms with Gasteiger partial charge >= 0.3 is 0 Å². The molecule has 6 nitrogen and oxygen atoms in total. The van der Waals surface area contributed by atoms with Crippen molar-refractivity contribution in [3.8, 4) is 0 Å². The van der Waals surface area contributed by atoms with Gasteiger partial charge in [0.05, 0.1) is 5.69 Å². The number of rotatable bonds is 4. The summed E-state index contributed by atoms with van der Waals surface area (Å²) in [6.07, 6.45) is 3.16. The molecule has 7 heteroatoms. The van der Waals surface area contributed by atoms with Crippen molar-refractivity contribution in [2.75, 3.05) is 0 Å². The Kier molecular flexibility index (Phi) is 3.69. The summed E-state index contributed by atoms with van der Waals surface area (Å²) in [5.41, 5.74) is 1.18. The molecule has 118 valence electrons. The summed E-state index contributed by atoms with van der Waals surface area (Å²) < 4.78 is 1.58. The van der Waals surface area contributed by atoms with Gasteiger partial charge in [-0.1, -0.05) is 18.5 Å².